The van der Waals surface area contributed by atoms with Crippen molar-refractivity contribution in [3.05, 3.63) is 30.2 Å². The summed E-state index contributed by atoms with van der Waals surface area (Å²) >= 11 is 0. The first kappa shape index (κ1) is 13.0. The minimum Gasteiger partial charge on any atom is -0.480 e. The highest BCUT2D eigenvalue weighted by Gasteiger charge is 2.18. The lowest BCUT2D eigenvalue weighted by molar-refractivity contribution is 0.112. The van der Waals surface area contributed by atoms with Gasteiger partial charge in [-0.15, -0.1) is 0 Å². The van der Waals surface area contributed by atoms with Crippen LogP contribution in [0.1, 0.15) is 10.4 Å². The summed E-state index contributed by atoms with van der Waals surface area (Å²) in [5.41, 5.74) is 0.305. The van der Waals surface area contributed by atoms with Crippen molar-refractivity contribution in [2.45, 2.75) is 4.90 Å². The second kappa shape index (κ2) is 5.06. The number of H-pyrrole nitrogens is 1. The molecule has 2 heterocycles. The van der Waals surface area contributed by atoms with Crippen LogP contribution in [0.3, 0.4) is 0 Å². The Hall–Kier alpha value is -2.42. The zero-order valence-corrected chi connectivity index (χ0v) is 10.6. The molecule has 19 heavy (non-hydrogen) atoms. The van der Waals surface area contributed by atoms with Gasteiger partial charge < -0.3 is 4.74 Å². The number of anilines is 1. The number of carbonyl (C=O) groups excluding carboxylic acids is 1. The van der Waals surface area contributed by atoms with Crippen LogP contribution in [0, 0.1) is 0 Å². The Balaban J connectivity index is 2.40. The van der Waals surface area contributed by atoms with Crippen molar-refractivity contribution in [2.75, 3.05) is 11.8 Å². The van der Waals surface area contributed by atoms with Crippen LogP contribution in [0.4, 0.5) is 5.69 Å². The first-order chi connectivity index (χ1) is 9.06. The van der Waals surface area contributed by atoms with Gasteiger partial charge >= 0.3 is 0 Å². The van der Waals surface area contributed by atoms with Crippen LogP contribution in [-0.4, -0.2) is 37.0 Å². The van der Waals surface area contributed by atoms with E-state index in [9.17, 15) is 13.2 Å². The van der Waals surface area contributed by atoms with Gasteiger partial charge in [-0.05, 0) is 6.07 Å². The van der Waals surface area contributed by atoms with Crippen molar-refractivity contribution in [2.24, 2.45) is 0 Å². The number of carbonyl (C=O) groups is 1. The van der Waals surface area contributed by atoms with Crippen LogP contribution in [0.5, 0.6) is 5.88 Å². The van der Waals surface area contributed by atoms with Crippen LogP contribution >= 0.6 is 0 Å². The van der Waals surface area contributed by atoms with E-state index in [1.54, 1.807) is 0 Å². The van der Waals surface area contributed by atoms with E-state index in [1.807, 2.05) is 0 Å². The first-order valence-corrected chi connectivity index (χ1v) is 6.56. The predicted octanol–water partition coefficient (Wildman–Crippen LogP) is 0.427. The lowest BCUT2D eigenvalue weighted by Gasteiger charge is -2.10. The largest absolute Gasteiger partial charge is 0.480 e. The maximum atomic E-state index is 12.0. The minimum absolute atomic E-state index is 0.0361. The molecule has 0 radical (unpaired) electrons. The highest BCUT2D eigenvalue weighted by molar-refractivity contribution is 7.92. The number of ether oxygens (including phenoxy) is 1. The number of hydrogen-bond donors (Lipinski definition) is 2. The number of nitrogens with zero attached hydrogens (tertiary/aromatic N) is 2. The van der Waals surface area contributed by atoms with Gasteiger partial charge in [0.15, 0.2) is 6.29 Å². The Morgan fingerprint density at radius 3 is 2.79 bits per heavy atom. The fourth-order valence-corrected chi connectivity index (χ4v) is 2.31. The number of pyridine rings is 1. The Labute approximate surface area is 108 Å². The fraction of sp³-hybridized carbons (Fsp3) is 0.100. The quantitative estimate of drug-likeness (QED) is 0.768. The number of aromatic nitrogens is 3. The van der Waals surface area contributed by atoms with E-state index in [2.05, 4.69) is 19.9 Å². The second-order valence-corrected chi connectivity index (χ2v) is 5.17. The molecule has 0 aliphatic carbocycles. The molecule has 0 spiro atoms. The molecule has 2 N–H and O–H groups in total. The summed E-state index contributed by atoms with van der Waals surface area (Å²) in [6.45, 7) is 0. The van der Waals surface area contributed by atoms with Gasteiger partial charge in [-0.1, -0.05) is 0 Å². The molecule has 0 aliphatic rings. The number of methoxy groups -OCH3 is 1. The molecule has 0 saturated heterocycles. The van der Waals surface area contributed by atoms with E-state index in [0.717, 1.165) is 6.20 Å². The van der Waals surface area contributed by atoms with Crippen LogP contribution < -0.4 is 9.46 Å². The van der Waals surface area contributed by atoms with Gasteiger partial charge in [-0.2, -0.15) is 5.10 Å². The van der Waals surface area contributed by atoms with Gasteiger partial charge in [0.2, 0.25) is 5.88 Å². The van der Waals surface area contributed by atoms with Crippen molar-refractivity contribution in [1.29, 1.82) is 0 Å². The number of sulfonamides is 1. The SMILES string of the molecule is COc1ncc(C=O)cc1NS(=O)(=O)c1cn[nH]c1. The normalized spacial score (nSPS) is 11.0. The highest BCUT2D eigenvalue weighted by atomic mass is 32.2. The molecule has 8 nitrogen and oxygen atoms in total. The van der Waals surface area contributed by atoms with Gasteiger partial charge in [0, 0.05) is 18.0 Å². The molecular formula is C10H10N4O4S. The molecule has 0 atom stereocenters. The monoisotopic (exact) mass is 282 g/mol. The Morgan fingerprint density at radius 2 is 2.21 bits per heavy atom. The van der Waals surface area contributed by atoms with E-state index in [4.69, 9.17) is 4.74 Å². The molecule has 0 amide bonds. The van der Waals surface area contributed by atoms with E-state index < -0.39 is 10.0 Å². The Kier molecular flexibility index (Phi) is 3.47. The van der Waals surface area contributed by atoms with Crippen LogP contribution in [-0.2, 0) is 10.0 Å². The molecule has 0 aromatic carbocycles. The van der Waals surface area contributed by atoms with E-state index in [0.29, 0.717) is 6.29 Å². The predicted molar refractivity (Wildman–Crippen MR) is 65.6 cm³/mol. The van der Waals surface area contributed by atoms with Gasteiger partial charge in [-0.3, -0.25) is 14.6 Å². The number of aldehydes is 1. The molecule has 0 unspecified atom stereocenters. The minimum atomic E-state index is -3.81. The van der Waals surface area contributed by atoms with Crippen LogP contribution in [0.25, 0.3) is 0 Å². The first-order valence-electron chi connectivity index (χ1n) is 5.07. The molecule has 100 valence electrons. The van der Waals surface area contributed by atoms with E-state index >= 15 is 0 Å². The van der Waals surface area contributed by atoms with E-state index in [-0.39, 0.29) is 22.0 Å². The summed E-state index contributed by atoms with van der Waals surface area (Å²) in [5.74, 6) is 0.0673. The lowest BCUT2D eigenvalue weighted by atomic mass is 10.3. The van der Waals surface area contributed by atoms with Crippen molar-refractivity contribution < 1.29 is 17.9 Å². The number of rotatable bonds is 5. The smallest absolute Gasteiger partial charge is 0.265 e. The molecule has 2 aromatic heterocycles. The third kappa shape index (κ3) is 2.71. The van der Waals surface area contributed by atoms with E-state index in [1.165, 1.54) is 25.6 Å². The van der Waals surface area contributed by atoms with Crippen LogP contribution in [0.15, 0.2) is 29.6 Å². The zero-order chi connectivity index (χ0) is 13.9. The summed E-state index contributed by atoms with van der Waals surface area (Å²) < 4.78 is 31.2. The molecule has 0 bridgehead atoms. The zero-order valence-electron chi connectivity index (χ0n) is 9.82. The van der Waals surface area contributed by atoms with Gasteiger partial charge in [0.05, 0.1) is 13.3 Å². The molecule has 2 rings (SSSR count). The van der Waals surface area contributed by atoms with Crippen molar-refractivity contribution in [1.82, 2.24) is 15.2 Å². The summed E-state index contributed by atoms with van der Waals surface area (Å²) in [6.07, 6.45) is 4.22. The van der Waals surface area contributed by atoms with Crippen molar-refractivity contribution in [3.8, 4) is 5.88 Å². The highest BCUT2D eigenvalue weighted by Crippen LogP contribution is 2.24. The number of nitrogens with one attached hydrogen (secondary N) is 2. The average molecular weight is 282 g/mol. The van der Waals surface area contributed by atoms with Gasteiger partial charge in [0.1, 0.15) is 10.6 Å². The van der Waals surface area contributed by atoms with Crippen molar-refractivity contribution >= 4 is 22.0 Å². The second-order valence-electron chi connectivity index (χ2n) is 3.48. The van der Waals surface area contributed by atoms with Gasteiger partial charge in [-0.25, -0.2) is 13.4 Å². The summed E-state index contributed by atoms with van der Waals surface area (Å²) in [4.78, 5) is 14.5. The Bertz CT molecular complexity index is 682. The molecular weight excluding hydrogens is 272 g/mol. The molecule has 0 saturated carbocycles. The fourth-order valence-electron chi connectivity index (χ4n) is 1.36. The standard InChI is InChI=1S/C10H10N4O4S/c1-18-10-9(2-7(6-15)3-11-10)14-19(16,17)8-4-12-13-5-8/h2-6,14H,1H3,(H,12,13). The average Bonchev–Trinajstić information content (AvgIpc) is 2.93. The molecule has 2 aromatic rings. The van der Waals surface area contributed by atoms with Crippen molar-refractivity contribution in [3.63, 3.8) is 0 Å². The topological polar surface area (TPSA) is 114 Å². The number of hydrogen-bond acceptors (Lipinski definition) is 6. The van der Waals surface area contributed by atoms with Crippen LogP contribution in [0.2, 0.25) is 0 Å². The Morgan fingerprint density at radius 1 is 1.42 bits per heavy atom. The summed E-state index contributed by atoms with van der Waals surface area (Å²) in [5, 5.41) is 5.96. The maximum Gasteiger partial charge on any atom is 0.265 e. The molecule has 0 aliphatic heterocycles. The third-order valence-electron chi connectivity index (χ3n) is 2.23. The number of aromatic amines is 1. The molecule has 9 heteroatoms. The third-order valence-corrected chi connectivity index (χ3v) is 3.56. The lowest BCUT2D eigenvalue weighted by Crippen LogP contribution is -2.13. The summed E-state index contributed by atoms with van der Waals surface area (Å²) in [6, 6.07) is 1.33. The maximum absolute atomic E-state index is 12.0. The van der Waals surface area contributed by atoms with Gasteiger partial charge in [0.25, 0.3) is 10.0 Å². The summed E-state index contributed by atoms with van der Waals surface area (Å²) in [7, 11) is -2.46. The molecule has 0 fully saturated rings.